The van der Waals surface area contributed by atoms with Crippen molar-refractivity contribution in [3.63, 3.8) is 0 Å². The topological polar surface area (TPSA) is 237 Å². The van der Waals surface area contributed by atoms with Gasteiger partial charge in [0.2, 0.25) is 0 Å². The molecule has 0 aromatic rings. The van der Waals surface area contributed by atoms with E-state index < -0.39 is 97.5 Å². The smallest absolute Gasteiger partial charge is 0.462 e. The number of phosphoric acid groups is 2. The summed E-state index contributed by atoms with van der Waals surface area (Å²) in [5.41, 5.74) is 0. The van der Waals surface area contributed by atoms with Gasteiger partial charge in [-0.05, 0) is 43.4 Å². The van der Waals surface area contributed by atoms with Gasteiger partial charge in [-0.1, -0.05) is 440 Å². The SMILES string of the molecule is CCCCCCCCCCCCCCC(=O)OC[C@H](COP(=O)(O)OC[C@H](O)COP(=O)(O)OC[C@@H](COC(=O)CCCCCCCCCCCCCCCCCCCCC(C)C)OC(=O)CCCCCCCCCCCCCCCCCCCCC(C)CC)OC(=O)CCCCCCCCCCCCCCCC(C)C. The second kappa shape index (κ2) is 81.8. The summed E-state index contributed by atoms with van der Waals surface area (Å²) < 4.78 is 69.1. The first kappa shape index (κ1) is 109. The standard InChI is InChI=1S/C92H180O17P2/c1-8-10-11-12-13-14-15-38-45-52-59-66-73-89(94)102-79-87(109-92(97)76-69-62-55-48-41-34-28-30-36-43-50-57-64-71-84(5)6)81-106-110(98,99)104-77-86(93)78-105-111(100,101)107-82-88(80-103-90(95)74-67-60-53-46-39-32-26-22-18-16-20-24-29-35-42-49-56-63-70-83(3)4)108-91(96)75-68-61-54-47-40-33-27-23-19-17-21-25-31-37-44-51-58-65-72-85(7)9-2/h83-88,93H,8-82H2,1-7H3,(H,98,99)(H,100,101)/t85?,86-,87+,88+/m0/s1. The molecular weight excluding hydrogens is 1440 g/mol. The summed E-state index contributed by atoms with van der Waals surface area (Å²) in [7, 11) is -9.94. The van der Waals surface area contributed by atoms with E-state index >= 15 is 0 Å². The second-order valence-corrected chi connectivity index (χ2v) is 37.2. The maximum absolute atomic E-state index is 13.2. The lowest BCUT2D eigenvalue weighted by Gasteiger charge is -2.21. The fourth-order valence-corrected chi connectivity index (χ4v) is 16.0. The molecule has 3 N–H and O–H groups in total. The molecule has 6 atom stereocenters. The van der Waals surface area contributed by atoms with Crippen LogP contribution in [0.15, 0.2) is 0 Å². The van der Waals surface area contributed by atoms with Crippen molar-refractivity contribution in [1.82, 2.24) is 0 Å². The number of hydrogen-bond donors (Lipinski definition) is 3. The molecule has 0 aliphatic carbocycles. The van der Waals surface area contributed by atoms with E-state index in [-0.39, 0.29) is 25.7 Å². The minimum Gasteiger partial charge on any atom is -0.462 e. The van der Waals surface area contributed by atoms with E-state index in [9.17, 15) is 43.2 Å². The molecule has 0 aromatic carbocycles. The Morgan fingerprint density at radius 2 is 0.459 bits per heavy atom. The van der Waals surface area contributed by atoms with E-state index in [0.717, 1.165) is 108 Å². The largest absolute Gasteiger partial charge is 0.472 e. The third-order valence-corrected chi connectivity index (χ3v) is 23.9. The van der Waals surface area contributed by atoms with Crippen molar-refractivity contribution in [2.75, 3.05) is 39.6 Å². The van der Waals surface area contributed by atoms with Crippen molar-refractivity contribution in [2.24, 2.45) is 17.8 Å². The lowest BCUT2D eigenvalue weighted by molar-refractivity contribution is -0.161. The molecule has 0 rings (SSSR count). The van der Waals surface area contributed by atoms with Gasteiger partial charge in [0.25, 0.3) is 0 Å². The molecule has 0 saturated heterocycles. The molecule has 0 amide bonds. The number of aliphatic hydroxyl groups excluding tert-OH is 1. The lowest BCUT2D eigenvalue weighted by Crippen LogP contribution is -2.30. The molecule has 0 fully saturated rings. The van der Waals surface area contributed by atoms with E-state index in [1.807, 2.05) is 0 Å². The average Bonchev–Trinajstić information content (AvgIpc) is 0.858. The number of carbonyl (C=O) groups is 4. The fourth-order valence-electron chi connectivity index (χ4n) is 14.4. The third-order valence-electron chi connectivity index (χ3n) is 22.0. The zero-order chi connectivity index (χ0) is 81.5. The first-order chi connectivity index (χ1) is 53.8. The van der Waals surface area contributed by atoms with Gasteiger partial charge in [0.05, 0.1) is 26.4 Å². The van der Waals surface area contributed by atoms with Crippen molar-refractivity contribution < 1.29 is 80.2 Å². The van der Waals surface area contributed by atoms with E-state index in [0.29, 0.717) is 25.7 Å². The molecule has 0 bridgehead atoms. The summed E-state index contributed by atoms with van der Waals surface area (Å²) in [5, 5.41) is 10.7. The van der Waals surface area contributed by atoms with Gasteiger partial charge in [0.15, 0.2) is 12.2 Å². The van der Waals surface area contributed by atoms with Gasteiger partial charge in [-0.3, -0.25) is 37.3 Å². The first-order valence-electron chi connectivity index (χ1n) is 47.4. The van der Waals surface area contributed by atoms with Crippen LogP contribution in [0.1, 0.15) is 492 Å². The number of phosphoric ester groups is 2. The maximum atomic E-state index is 13.2. The highest BCUT2D eigenvalue weighted by Crippen LogP contribution is 2.45. The zero-order valence-corrected chi connectivity index (χ0v) is 75.2. The van der Waals surface area contributed by atoms with Crippen molar-refractivity contribution in [2.45, 2.75) is 510 Å². The number of hydrogen-bond acceptors (Lipinski definition) is 15. The number of carbonyl (C=O) groups excluding carboxylic acids is 4. The van der Waals surface area contributed by atoms with Gasteiger partial charge in [0, 0.05) is 25.7 Å². The molecule has 17 nitrogen and oxygen atoms in total. The third kappa shape index (κ3) is 84.3. The van der Waals surface area contributed by atoms with Crippen molar-refractivity contribution in [3.8, 4) is 0 Å². The Kier molecular flexibility index (Phi) is 80.4. The molecule has 0 aliphatic rings. The quantitative estimate of drug-likeness (QED) is 0.0222. The number of unbranched alkanes of at least 4 members (excludes halogenated alkanes) is 57. The molecular formula is C92H180O17P2. The fraction of sp³-hybridized carbons (Fsp3) is 0.957. The number of ether oxygens (including phenoxy) is 4. The summed E-state index contributed by atoms with van der Waals surface area (Å²) in [4.78, 5) is 73.4. The Labute approximate surface area is 683 Å². The van der Waals surface area contributed by atoms with Gasteiger partial charge in [-0.2, -0.15) is 0 Å². The molecule has 660 valence electrons. The van der Waals surface area contributed by atoms with E-state index in [1.165, 1.54) is 302 Å². The highest BCUT2D eigenvalue weighted by atomic mass is 31.2. The Bertz CT molecular complexity index is 2130. The minimum absolute atomic E-state index is 0.108. The summed E-state index contributed by atoms with van der Waals surface area (Å²) >= 11 is 0. The summed E-state index contributed by atoms with van der Waals surface area (Å²) in [6.45, 7) is 12.1. The highest BCUT2D eigenvalue weighted by Gasteiger charge is 2.31. The first-order valence-corrected chi connectivity index (χ1v) is 50.4. The Hall–Kier alpha value is -1.94. The van der Waals surface area contributed by atoms with Crippen LogP contribution in [-0.4, -0.2) is 96.7 Å². The van der Waals surface area contributed by atoms with Gasteiger partial charge >= 0.3 is 39.5 Å². The number of rotatable bonds is 90. The van der Waals surface area contributed by atoms with Crippen LogP contribution in [0.2, 0.25) is 0 Å². The molecule has 19 heteroatoms. The molecule has 111 heavy (non-hydrogen) atoms. The lowest BCUT2D eigenvalue weighted by atomic mass is 9.99. The molecule has 0 saturated carbocycles. The molecule has 3 unspecified atom stereocenters. The summed E-state index contributed by atoms with van der Waals surface area (Å²) in [6, 6.07) is 0. The molecule has 0 aromatic heterocycles. The van der Waals surface area contributed by atoms with Crippen LogP contribution in [0.5, 0.6) is 0 Å². The normalized spacial score (nSPS) is 14.0. The van der Waals surface area contributed by atoms with Crippen LogP contribution >= 0.6 is 15.6 Å². The van der Waals surface area contributed by atoms with Crippen molar-refractivity contribution in [1.29, 1.82) is 0 Å². The van der Waals surface area contributed by atoms with Gasteiger partial charge < -0.3 is 33.8 Å². The maximum Gasteiger partial charge on any atom is 0.472 e. The van der Waals surface area contributed by atoms with Crippen LogP contribution in [0, 0.1) is 17.8 Å². The number of esters is 4. The molecule has 0 spiro atoms. The van der Waals surface area contributed by atoms with Crippen molar-refractivity contribution >= 4 is 39.5 Å². The summed E-state index contributed by atoms with van der Waals surface area (Å²) in [6.07, 6.45) is 75.0. The monoisotopic (exact) mass is 1620 g/mol. The second-order valence-electron chi connectivity index (χ2n) is 34.2. The Balaban J connectivity index is 5.24. The van der Waals surface area contributed by atoms with Crippen LogP contribution in [0.3, 0.4) is 0 Å². The van der Waals surface area contributed by atoms with Crippen LogP contribution < -0.4 is 0 Å². The molecule has 0 aliphatic heterocycles. The van der Waals surface area contributed by atoms with E-state index in [2.05, 4.69) is 48.5 Å². The average molecular weight is 1620 g/mol. The van der Waals surface area contributed by atoms with E-state index in [1.54, 1.807) is 0 Å². The van der Waals surface area contributed by atoms with Gasteiger partial charge in [-0.25, -0.2) is 9.13 Å². The minimum atomic E-state index is -4.97. The zero-order valence-electron chi connectivity index (χ0n) is 73.4. The van der Waals surface area contributed by atoms with Crippen LogP contribution in [0.25, 0.3) is 0 Å². The molecule has 0 radical (unpaired) electrons. The van der Waals surface area contributed by atoms with E-state index in [4.69, 9.17) is 37.0 Å². The summed E-state index contributed by atoms with van der Waals surface area (Å²) in [5.74, 6) is 0.385. The Morgan fingerprint density at radius 1 is 0.261 bits per heavy atom. The predicted molar refractivity (Wildman–Crippen MR) is 460 cm³/mol. The van der Waals surface area contributed by atoms with Gasteiger partial charge in [-0.15, -0.1) is 0 Å². The highest BCUT2D eigenvalue weighted by molar-refractivity contribution is 7.47. The van der Waals surface area contributed by atoms with Gasteiger partial charge in [0.1, 0.15) is 19.3 Å². The number of aliphatic hydroxyl groups is 1. The van der Waals surface area contributed by atoms with Crippen LogP contribution in [0.4, 0.5) is 0 Å². The Morgan fingerprint density at radius 3 is 0.685 bits per heavy atom. The predicted octanol–water partition coefficient (Wildman–Crippen LogP) is 28.4. The van der Waals surface area contributed by atoms with Crippen molar-refractivity contribution in [3.05, 3.63) is 0 Å². The van der Waals surface area contributed by atoms with Crippen LogP contribution in [-0.2, 0) is 65.4 Å². The molecule has 0 heterocycles.